The molecule has 1 unspecified atom stereocenters. The fourth-order valence-electron chi connectivity index (χ4n) is 4.36. The van der Waals surface area contributed by atoms with Crippen LogP contribution in [0.4, 0.5) is 5.69 Å². The molecule has 1 saturated heterocycles. The third kappa shape index (κ3) is 4.25. The Labute approximate surface area is 204 Å². The minimum Gasteiger partial charge on any atom is -0.507 e. The molecule has 1 N–H and O–H groups in total. The number of hydrogen-bond donors (Lipinski definition) is 1. The predicted molar refractivity (Wildman–Crippen MR) is 134 cm³/mol. The number of nitrogens with zero attached hydrogens (tertiary/aromatic N) is 2. The maximum atomic E-state index is 13.4. The first kappa shape index (κ1) is 24.0. The summed E-state index contributed by atoms with van der Waals surface area (Å²) in [5, 5.41) is 11.5. The number of hydrogen-bond acceptors (Lipinski definition) is 6. The molecule has 180 valence electrons. The molecule has 4 rings (SSSR count). The fraction of sp³-hybridized carbons (Fsp3) is 0.250. The topological polar surface area (TPSA) is 89.0 Å². The van der Waals surface area contributed by atoms with Crippen molar-refractivity contribution in [2.75, 3.05) is 19.1 Å². The Bertz CT molecular complexity index is 1310. The summed E-state index contributed by atoms with van der Waals surface area (Å²) in [6, 6.07) is 14.8. The van der Waals surface area contributed by atoms with Gasteiger partial charge in [0, 0.05) is 23.5 Å². The van der Waals surface area contributed by atoms with E-state index in [0.29, 0.717) is 28.3 Å². The second-order valence-electron chi connectivity index (χ2n) is 9.29. The molecule has 0 radical (unpaired) electrons. The number of ether oxygens (including phenoxy) is 2. The number of para-hydroxylation sites is 2. The van der Waals surface area contributed by atoms with E-state index in [2.05, 4.69) is 4.98 Å². The summed E-state index contributed by atoms with van der Waals surface area (Å²) in [6.45, 7) is 6.10. The van der Waals surface area contributed by atoms with Crippen molar-refractivity contribution in [2.45, 2.75) is 32.2 Å². The first-order valence-corrected chi connectivity index (χ1v) is 11.2. The van der Waals surface area contributed by atoms with E-state index in [1.54, 1.807) is 74.1 Å². The number of ketones is 1. The van der Waals surface area contributed by atoms with Gasteiger partial charge in [0.15, 0.2) is 0 Å². The largest absolute Gasteiger partial charge is 0.507 e. The number of aliphatic hydroxyl groups is 1. The summed E-state index contributed by atoms with van der Waals surface area (Å²) in [5.41, 5.74) is 2.00. The van der Waals surface area contributed by atoms with Gasteiger partial charge in [-0.2, -0.15) is 0 Å². The summed E-state index contributed by atoms with van der Waals surface area (Å²) in [6.07, 6.45) is 3.19. The second kappa shape index (κ2) is 9.25. The van der Waals surface area contributed by atoms with Gasteiger partial charge in [-0.3, -0.25) is 19.5 Å². The number of carbonyl (C=O) groups excluding carboxylic acids is 2. The van der Waals surface area contributed by atoms with Crippen LogP contribution in [0, 0.1) is 0 Å². The van der Waals surface area contributed by atoms with Crippen LogP contribution in [0.3, 0.4) is 0 Å². The number of methoxy groups -OCH3 is 2. The van der Waals surface area contributed by atoms with E-state index >= 15 is 0 Å². The smallest absolute Gasteiger partial charge is 0.300 e. The van der Waals surface area contributed by atoms with Crippen LogP contribution in [0.2, 0.25) is 0 Å². The Morgan fingerprint density at radius 3 is 2.31 bits per heavy atom. The first-order valence-electron chi connectivity index (χ1n) is 11.2. The number of amides is 1. The molecule has 2 aromatic carbocycles. The number of aliphatic hydroxyl groups excluding tert-OH is 1. The fourth-order valence-corrected chi connectivity index (χ4v) is 4.36. The summed E-state index contributed by atoms with van der Waals surface area (Å²) < 4.78 is 11.0. The van der Waals surface area contributed by atoms with Gasteiger partial charge in [0.1, 0.15) is 17.3 Å². The highest BCUT2D eigenvalue weighted by molar-refractivity contribution is 6.51. The molecule has 3 aromatic rings. The summed E-state index contributed by atoms with van der Waals surface area (Å²) >= 11 is 0. The molecule has 35 heavy (non-hydrogen) atoms. The molecule has 1 aliphatic rings. The van der Waals surface area contributed by atoms with Gasteiger partial charge in [0.05, 0.1) is 31.5 Å². The van der Waals surface area contributed by atoms with Crippen molar-refractivity contribution in [1.29, 1.82) is 0 Å². The van der Waals surface area contributed by atoms with E-state index in [1.807, 2.05) is 20.8 Å². The molecular formula is C28H28N2O5. The van der Waals surface area contributed by atoms with Crippen molar-refractivity contribution >= 4 is 23.1 Å². The van der Waals surface area contributed by atoms with Crippen LogP contribution in [0.1, 0.15) is 43.5 Å². The summed E-state index contributed by atoms with van der Waals surface area (Å²) in [4.78, 5) is 32.3. The summed E-state index contributed by atoms with van der Waals surface area (Å²) in [7, 11) is 3.09. The molecule has 0 spiro atoms. The molecular weight excluding hydrogens is 444 g/mol. The molecule has 0 saturated carbocycles. The van der Waals surface area contributed by atoms with Crippen molar-refractivity contribution in [1.82, 2.24) is 4.98 Å². The maximum absolute atomic E-state index is 13.4. The lowest BCUT2D eigenvalue weighted by Crippen LogP contribution is -2.29. The molecule has 1 aromatic heterocycles. The molecule has 1 atom stereocenters. The third-order valence-corrected chi connectivity index (χ3v) is 6.07. The van der Waals surface area contributed by atoms with Crippen LogP contribution in [-0.4, -0.2) is 36.0 Å². The molecule has 7 nitrogen and oxygen atoms in total. The van der Waals surface area contributed by atoms with Gasteiger partial charge in [-0.25, -0.2) is 0 Å². The number of carbonyl (C=O) groups is 2. The Balaban J connectivity index is 1.97. The number of pyridine rings is 1. The van der Waals surface area contributed by atoms with Gasteiger partial charge in [-0.05, 0) is 47.4 Å². The monoisotopic (exact) mass is 472 g/mol. The Hall–Kier alpha value is -4.13. The van der Waals surface area contributed by atoms with E-state index in [-0.39, 0.29) is 16.7 Å². The van der Waals surface area contributed by atoms with Gasteiger partial charge in [0.25, 0.3) is 11.7 Å². The minimum atomic E-state index is -0.889. The molecule has 0 aliphatic carbocycles. The summed E-state index contributed by atoms with van der Waals surface area (Å²) in [5.74, 6) is -0.692. The van der Waals surface area contributed by atoms with Crippen molar-refractivity contribution < 1.29 is 24.2 Å². The standard InChI is InChI=1S/C28H28N2O5/c1-28(2,3)19-15-17(12-13-21(19)34-4)25(31)23-24(18-9-8-14-29-16-18)30(27(33)26(23)32)20-10-6-7-11-22(20)35-5/h6-16,24,31H,1-5H3/b25-23-. The Morgan fingerprint density at radius 1 is 0.971 bits per heavy atom. The van der Waals surface area contributed by atoms with Crippen LogP contribution in [0.5, 0.6) is 11.5 Å². The van der Waals surface area contributed by atoms with E-state index in [9.17, 15) is 14.7 Å². The number of aromatic nitrogens is 1. The van der Waals surface area contributed by atoms with Crippen molar-refractivity contribution in [3.05, 3.63) is 89.3 Å². The van der Waals surface area contributed by atoms with E-state index < -0.39 is 17.7 Å². The zero-order valence-corrected chi connectivity index (χ0v) is 20.4. The van der Waals surface area contributed by atoms with Crippen LogP contribution < -0.4 is 14.4 Å². The van der Waals surface area contributed by atoms with Crippen LogP contribution in [0.25, 0.3) is 5.76 Å². The van der Waals surface area contributed by atoms with Gasteiger partial charge in [0.2, 0.25) is 0 Å². The van der Waals surface area contributed by atoms with Crippen molar-refractivity contribution in [3.8, 4) is 11.5 Å². The molecule has 1 aliphatic heterocycles. The van der Waals surface area contributed by atoms with Crippen molar-refractivity contribution in [2.24, 2.45) is 0 Å². The predicted octanol–water partition coefficient (Wildman–Crippen LogP) is 5.02. The average molecular weight is 473 g/mol. The zero-order chi connectivity index (χ0) is 25.3. The van der Waals surface area contributed by atoms with Gasteiger partial charge < -0.3 is 14.6 Å². The lowest BCUT2D eigenvalue weighted by Gasteiger charge is -2.26. The average Bonchev–Trinajstić information content (AvgIpc) is 3.13. The van der Waals surface area contributed by atoms with Crippen LogP contribution in [-0.2, 0) is 15.0 Å². The molecule has 1 fully saturated rings. The normalized spacial score (nSPS) is 17.5. The molecule has 2 heterocycles. The van der Waals surface area contributed by atoms with Gasteiger partial charge >= 0.3 is 0 Å². The number of rotatable bonds is 5. The highest BCUT2D eigenvalue weighted by Crippen LogP contribution is 2.45. The first-order chi connectivity index (χ1) is 16.7. The Morgan fingerprint density at radius 2 is 1.69 bits per heavy atom. The molecule has 0 bridgehead atoms. The quantitative estimate of drug-likeness (QED) is 0.319. The number of benzene rings is 2. The van der Waals surface area contributed by atoms with Crippen LogP contribution >= 0.6 is 0 Å². The molecule has 1 amide bonds. The van der Waals surface area contributed by atoms with Gasteiger partial charge in [-0.15, -0.1) is 0 Å². The third-order valence-electron chi connectivity index (χ3n) is 6.07. The van der Waals surface area contributed by atoms with Gasteiger partial charge in [-0.1, -0.05) is 39.0 Å². The second-order valence-corrected chi connectivity index (χ2v) is 9.29. The highest BCUT2D eigenvalue weighted by Gasteiger charge is 2.48. The van der Waals surface area contributed by atoms with E-state index in [0.717, 1.165) is 5.56 Å². The Kier molecular flexibility index (Phi) is 6.35. The lowest BCUT2D eigenvalue weighted by atomic mass is 9.84. The van der Waals surface area contributed by atoms with Crippen molar-refractivity contribution in [3.63, 3.8) is 0 Å². The SMILES string of the molecule is COc1ccccc1N1C(=O)C(=O)/C(=C(\O)c2ccc(OC)c(C(C)(C)C)c2)C1c1cccnc1. The van der Waals surface area contributed by atoms with E-state index in [4.69, 9.17) is 9.47 Å². The lowest BCUT2D eigenvalue weighted by molar-refractivity contribution is -0.132. The van der Waals surface area contributed by atoms with E-state index in [1.165, 1.54) is 12.0 Å². The number of anilines is 1. The zero-order valence-electron chi connectivity index (χ0n) is 20.4. The molecule has 7 heteroatoms. The highest BCUT2D eigenvalue weighted by atomic mass is 16.5. The minimum absolute atomic E-state index is 0.0149. The number of Topliss-reactive ketones (excluding diaryl/α,β-unsaturated/α-hetero) is 1. The van der Waals surface area contributed by atoms with Crippen LogP contribution in [0.15, 0.2) is 72.6 Å². The maximum Gasteiger partial charge on any atom is 0.300 e.